The van der Waals surface area contributed by atoms with E-state index in [0.717, 1.165) is 5.56 Å². The van der Waals surface area contributed by atoms with E-state index in [2.05, 4.69) is 10.3 Å². The smallest absolute Gasteiger partial charge is 0.337 e. The van der Waals surface area contributed by atoms with E-state index >= 15 is 0 Å². The fraction of sp³-hybridized carbons (Fsp3) is 0.0769. The number of aromatic nitrogens is 1. The summed E-state index contributed by atoms with van der Waals surface area (Å²) in [5, 5.41) is 12.0. The maximum absolute atomic E-state index is 10.9. The maximum Gasteiger partial charge on any atom is 0.337 e. The summed E-state index contributed by atoms with van der Waals surface area (Å²) >= 11 is 0. The highest BCUT2D eigenvalue weighted by atomic mass is 16.4. The zero-order valence-electron chi connectivity index (χ0n) is 9.63. The molecule has 0 atom stereocenters. The lowest BCUT2D eigenvalue weighted by Crippen LogP contribution is -2.07. The maximum atomic E-state index is 10.9. The molecule has 1 aromatic carbocycles. The van der Waals surface area contributed by atoms with Gasteiger partial charge in [0.15, 0.2) is 0 Å². The predicted molar refractivity (Wildman–Crippen MR) is 69.4 cm³/mol. The first-order chi connectivity index (χ1) is 8.66. The number of nitrogen functional groups attached to an aromatic ring is 1. The molecule has 0 fully saturated rings. The van der Waals surface area contributed by atoms with Crippen molar-refractivity contribution >= 4 is 17.5 Å². The van der Waals surface area contributed by atoms with Crippen LogP contribution in [0.4, 0.5) is 11.5 Å². The molecular weight excluding hydrogens is 230 g/mol. The van der Waals surface area contributed by atoms with Crippen LogP contribution in [-0.2, 0) is 6.54 Å². The molecule has 2 aromatic rings. The Morgan fingerprint density at radius 3 is 2.72 bits per heavy atom. The van der Waals surface area contributed by atoms with Gasteiger partial charge < -0.3 is 16.2 Å². The molecule has 1 heterocycles. The van der Waals surface area contributed by atoms with Crippen LogP contribution in [0.5, 0.6) is 0 Å². The Kier molecular flexibility index (Phi) is 3.43. The number of nitrogens with zero attached hydrogens (tertiary/aromatic N) is 1. The van der Waals surface area contributed by atoms with E-state index in [1.165, 1.54) is 12.3 Å². The summed E-state index contributed by atoms with van der Waals surface area (Å²) in [5.74, 6) is -0.567. The van der Waals surface area contributed by atoms with Crippen LogP contribution in [0.2, 0.25) is 0 Å². The number of carboxylic acids is 1. The summed E-state index contributed by atoms with van der Waals surface area (Å²) in [5.41, 5.74) is 6.83. The first kappa shape index (κ1) is 11.9. The summed E-state index contributed by atoms with van der Waals surface area (Å²) in [6.07, 6.45) is 1.34. The normalized spacial score (nSPS) is 10.0. The van der Waals surface area contributed by atoms with Gasteiger partial charge in [-0.1, -0.05) is 30.3 Å². The molecule has 2 rings (SSSR count). The molecule has 0 saturated carbocycles. The lowest BCUT2D eigenvalue weighted by Gasteiger charge is -2.07. The van der Waals surface area contributed by atoms with E-state index in [0.29, 0.717) is 12.4 Å². The monoisotopic (exact) mass is 243 g/mol. The molecule has 5 heteroatoms. The zero-order chi connectivity index (χ0) is 13.0. The SMILES string of the molecule is Nc1cnc(NCc2ccccc2)cc1C(=O)O. The molecule has 0 spiro atoms. The standard InChI is InChI=1S/C13H13N3O2/c14-11-8-16-12(6-10(11)13(17)18)15-7-9-4-2-1-3-5-9/h1-6,8H,7,14H2,(H,15,16)(H,17,18). The molecule has 0 aliphatic heterocycles. The second kappa shape index (κ2) is 5.18. The molecule has 92 valence electrons. The van der Waals surface area contributed by atoms with Gasteiger partial charge in [-0.05, 0) is 11.6 Å². The van der Waals surface area contributed by atoms with E-state index in [9.17, 15) is 4.79 Å². The average molecular weight is 243 g/mol. The largest absolute Gasteiger partial charge is 0.478 e. The van der Waals surface area contributed by atoms with Crippen molar-refractivity contribution in [3.05, 3.63) is 53.7 Å². The van der Waals surface area contributed by atoms with Crippen molar-refractivity contribution < 1.29 is 9.90 Å². The van der Waals surface area contributed by atoms with Crippen LogP contribution in [0.1, 0.15) is 15.9 Å². The van der Waals surface area contributed by atoms with Gasteiger partial charge in [-0.15, -0.1) is 0 Å². The molecule has 0 bridgehead atoms. The number of hydrogen-bond acceptors (Lipinski definition) is 4. The van der Waals surface area contributed by atoms with Crippen LogP contribution in [0.25, 0.3) is 0 Å². The number of anilines is 2. The molecule has 1 aromatic heterocycles. The summed E-state index contributed by atoms with van der Waals surface area (Å²) in [6.45, 7) is 0.580. The molecule has 0 saturated heterocycles. The van der Waals surface area contributed by atoms with Crippen LogP contribution in [-0.4, -0.2) is 16.1 Å². The van der Waals surface area contributed by atoms with Crippen molar-refractivity contribution in [2.24, 2.45) is 0 Å². The fourth-order valence-corrected chi connectivity index (χ4v) is 1.54. The van der Waals surface area contributed by atoms with Crippen LogP contribution in [0.15, 0.2) is 42.6 Å². The Balaban J connectivity index is 2.11. The highest BCUT2D eigenvalue weighted by Gasteiger charge is 2.09. The van der Waals surface area contributed by atoms with Gasteiger partial charge in [-0.2, -0.15) is 0 Å². The minimum absolute atomic E-state index is 0.0561. The number of aromatic carboxylic acids is 1. The molecule has 0 aliphatic rings. The van der Waals surface area contributed by atoms with Crippen molar-refractivity contribution in [1.82, 2.24) is 4.98 Å². The summed E-state index contributed by atoms with van der Waals surface area (Å²) in [7, 11) is 0. The van der Waals surface area contributed by atoms with Gasteiger partial charge in [0.2, 0.25) is 0 Å². The number of carboxylic acid groups (broad SMARTS) is 1. The molecule has 0 amide bonds. The Bertz CT molecular complexity index is 555. The Labute approximate surface area is 104 Å². The van der Waals surface area contributed by atoms with E-state index in [1.54, 1.807) is 0 Å². The minimum Gasteiger partial charge on any atom is -0.478 e. The van der Waals surface area contributed by atoms with Crippen LogP contribution in [0, 0.1) is 0 Å². The third kappa shape index (κ3) is 2.76. The number of nitrogens with one attached hydrogen (secondary N) is 1. The second-order valence-corrected chi connectivity index (χ2v) is 3.80. The topological polar surface area (TPSA) is 88.2 Å². The summed E-state index contributed by atoms with van der Waals surface area (Å²) in [4.78, 5) is 14.9. The fourth-order valence-electron chi connectivity index (χ4n) is 1.54. The average Bonchev–Trinajstić information content (AvgIpc) is 2.38. The highest BCUT2D eigenvalue weighted by molar-refractivity contribution is 5.94. The number of carbonyl (C=O) groups is 1. The van der Waals surface area contributed by atoms with Crippen LogP contribution >= 0.6 is 0 Å². The quantitative estimate of drug-likeness (QED) is 0.764. The predicted octanol–water partition coefficient (Wildman–Crippen LogP) is 1.97. The summed E-state index contributed by atoms with van der Waals surface area (Å²) in [6, 6.07) is 11.2. The lowest BCUT2D eigenvalue weighted by molar-refractivity contribution is 0.0698. The van der Waals surface area contributed by atoms with Gasteiger partial charge in [0.05, 0.1) is 17.4 Å². The number of nitrogens with two attached hydrogens (primary N) is 1. The Hall–Kier alpha value is -2.56. The second-order valence-electron chi connectivity index (χ2n) is 3.80. The molecule has 0 radical (unpaired) electrons. The zero-order valence-corrected chi connectivity index (χ0v) is 9.63. The molecule has 5 nitrogen and oxygen atoms in total. The Morgan fingerprint density at radius 2 is 2.06 bits per heavy atom. The third-order valence-electron chi connectivity index (χ3n) is 2.48. The van der Waals surface area contributed by atoms with Crippen molar-refractivity contribution in [3.63, 3.8) is 0 Å². The summed E-state index contributed by atoms with van der Waals surface area (Å²) < 4.78 is 0. The molecular formula is C13H13N3O2. The van der Waals surface area contributed by atoms with Crippen LogP contribution in [0.3, 0.4) is 0 Å². The van der Waals surface area contributed by atoms with Gasteiger partial charge in [0.25, 0.3) is 0 Å². The van der Waals surface area contributed by atoms with Crippen molar-refractivity contribution in [2.45, 2.75) is 6.54 Å². The first-order valence-corrected chi connectivity index (χ1v) is 5.43. The van der Waals surface area contributed by atoms with E-state index in [1.807, 2.05) is 30.3 Å². The third-order valence-corrected chi connectivity index (χ3v) is 2.48. The van der Waals surface area contributed by atoms with Gasteiger partial charge >= 0.3 is 5.97 Å². The van der Waals surface area contributed by atoms with Gasteiger partial charge in [-0.25, -0.2) is 9.78 Å². The molecule has 4 N–H and O–H groups in total. The van der Waals surface area contributed by atoms with Gasteiger partial charge in [-0.3, -0.25) is 0 Å². The highest BCUT2D eigenvalue weighted by Crippen LogP contribution is 2.15. The number of hydrogen-bond donors (Lipinski definition) is 3. The van der Waals surface area contributed by atoms with E-state index in [-0.39, 0.29) is 11.3 Å². The van der Waals surface area contributed by atoms with E-state index < -0.39 is 5.97 Å². The molecule has 0 unspecified atom stereocenters. The van der Waals surface area contributed by atoms with Gasteiger partial charge in [0.1, 0.15) is 5.82 Å². The number of pyridine rings is 1. The first-order valence-electron chi connectivity index (χ1n) is 5.43. The molecule has 0 aliphatic carbocycles. The number of benzene rings is 1. The van der Waals surface area contributed by atoms with Gasteiger partial charge in [0, 0.05) is 6.54 Å². The van der Waals surface area contributed by atoms with Crippen molar-refractivity contribution in [2.75, 3.05) is 11.1 Å². The van der Waals surface area contributed by atoms with Crippen LogP contribution < -0.4 is 11.1 Å². The van der Waals surface area contributed by atoms with Crippen molar-refractivity contribution in [1.29, 1.82) is 0 Å². The lowest BCUT2D eigenvalue weighted by atomic mass is 10.2. The van der Waals surface area contributed by atoms with E-state index in [4.69, 9.17) is 10.8 Å². The number of rotatable bonds is 4. The van der Waals surface area contributed by atoms with Crippen molar-refractivity contribution in [3.8, 4) is 0 Å². The molecule has 18 heavy (non-hydrogen) atoms. The minimum atomic E-state index is -1.06. The Morgan fingerprint density at radius 1 is 1.33 bits per heavy atom.